The average molecular weight is 419 g/mol. The predicted molar refractivity (Wildman–Crippen MR) is 115 cm³/mol. The van der Waals surface area contributed by atoms with Crippen LogP contribution in [0.1, 0.15) is 24.8 Å². The van der Waals surface area contributed by atoms with Gasteiger partial charge in [0, 0.05) is 32.7 Å². The summed E-state index contributed by atoms with van der Waals surface area (Å²) in [5.74, 6) is 1.28. The van der Waals surface area contributed by atoms with Crippen LogP contribution in [-0.2, 0) is 16.1 Å². The van der Waals surface area contributed by atoms with Crippen LogP contribution in [-0.4, -0.2) is 93.1 Å². The molecule has 0 saturated carbocycles. The molecular formula is C22H34N4O4. The molecule has 2 heterocycles. The largest absolute Gasteiger partial charge is 0.493 e. The predicted octanol–water partition coefficient (Wildman–Crippen LogP) is 0.947. The van der Waals surface area contributed by atoms with Crippen molar-refractivity contribution in [2.24, 2.45) is 0 Å². The molecule has 0 bridgehead atoms. The fourth-order valence-electron chi connectivity index (χ4n) is 4.28. The molecule has 0 spiro atoms. The third kappa shape index (κ3) is 5.23. The Morgan fingerprint density at radius 1 is 1.17 bits per heavy atom. The van der Waals surface area contributed by atoms with E-state index in [1.807, 2.05) is 30.1 Å². The van der Waals surface area contributed by atoms with Gasteiger partial charge in [-0.15, -0.1) is 0 Å². The smallest absolute Gasteiger partial charge is 0.237 e. The van der Waals surface area contributed by atoms with Crippen molar-refractivity contribution >= 4 is 11.8 Å². The summed E-state index contributed by atoms with van der Waals surface area (Å²) in [6, 6.07) is 5.55. The molecule has 1 N–H and O–H groups in total. The Morgan fingerprint density at radius 3 is 2.53 bits per heavy atom. The van der Waals surface area contributed by atoms with Crippen molar-refractivity contribution in [1.29, 1.82) is 0 Å². The molecule has 1 unspecified atom stereocenters. The fourth-order valence-corrected chi connectivity index (χ4v) is 4.28. The van der Waals surface area contributed by atoms with E-state index in [2.05, 4.69) is 22.2 Å². The Kier molecular flexibility index (Phi) is 7.55. The van der Waals surface area contributed by atoms with Crippen LogP contribution in [0.4, 0.5) is 0 Å². The number of carbonyl (C=O) groups excluding carboxylic acids is 2. The molecule has 30 heavy (non-hydrogen) atoms. The highest BCUT2D eigenvalue weighted by atomic mass is 16.5. The molecular weight excluding hydrogens is 384 g/mol. The highest BCUT2D eigenvalue weighted by Crippen LogP contribution is 2.28. The van der Waals surface area contributed by atoms with Gasteiger partial charge in [-0.1, -0.05) is 6.07 Å². The third-order valence-electron chi connectivity index (χ3n) is 6.27. The van der Waals surface area contributed by atoms with Crippen LogP contribution < -0.4 is 14.8 Å². The van der Waals surface area contributed by atoms with Gasteiger partial charge in [-0.2, -0.15) is 0 Å². The minimum Gasteiger partial charge on any atom is -0.493 e. The van der Waals surface area contributed by atoms with Crippen molar-refractivity contribution in [3.63, 3.8) is 0 Å². The molecule has 2 saturated heterocycles. The minimum atomic E-state index is -0.465. The van der Waals surface area contributed by atoms with Crippen molar-refractivity contribution in [2.45, 2.75) is 37.9 Å². The van der Waals surface area contributed by atoms with E-state index in [1.165, 1.54) is 0 Å². The molecule has 2 aliphatic rings. The molecule has 0 radical (unpaired) electrons. The first-order valence-corrected chi connectivity index (χ1v) is 10.6. The van der Waals surface area contributed by atoms with Gasteiger partial charge in [-0.25, -0.2) is 0 Å². The second-order valence-electron chi connectivity index (χ2n) is 8.21. The minimum absolute atomic E-state index is 0.0314. The van der Waals surface area contributed by atoms with Crippen LogP contribution in [0.2, 0.25) is 0 Å². The Bertz CT molecular complexity index is 749. The maximum absolute atomic E-state index is 13.0. The van der Waals surface area contributed by atoms with E-state index in [1.54, 1.807) is 14.2 Å². The molecule has 1 atom stereocenters. The number of hydrogen-bond donors (Lipinski definition) is 1. The molecule has 166 valence electrons. The number of nitrogens with one attached hydrogen (secondary N) is 1. The summed E-state index contributed by atoms with van der Waals surface area (Å²) in [5.41, 5.74) is 1.02. The normalized spacial score (nSPS) is 21.2. The number of piperidine rings is 1. The number of hydrogen-bond acceptors (Lipinski definition) is 6. The third-order valence-corrected chi connectivity index (χ3v) is 6.27. The topological polar surface area (TPSA) is 74.4 Å². The van der Waals surface area contributed by atoms with Crippen LogP contribution in [0.25, 0.3) is 0 Å². The fraction of sp³-hybridized carbons (Fsp3) is 0.636. The van der Waals surface area contributed by atoms with E-state index in [0.29, 0.717) is 31.1 Å². The van der Waals surface area contributed by atoms with Crippen molar-refractivity contribution in [3.05, 3.63) is 23.8 Å². The number of methoxy groups -OCH3 is 2. The van der Waals surface area contributed by atoms with Gasteiger partial charge in [-0.05, 0) is 50.7 Å². The first-order valence-electron chi connectivity index (χ1n) is 10.6. The van der Waals surface area contributed by atoms with E-state index in [9.17, 15) is 9.59 Å². The number of ether oxygens (including phenoxy) is 2. The number of likely N-dealkylation sites (tertiary alicyclic amines) is 1. The molecule has 1 aromatic carbocycles. The van der Waals surface area contributed by atoms with Crippen LogP contribution in [0.3, 0.4) is 0 Å². The van der Waals surface area contributed by atoms with Crippen molar-refractivity contribution < 1.29 is 19.1 Å². The monoisotopic (exact) mass is 418 g/mol. The Hall–Kier alpha value is -2.32. The van der Waals surface area contributed by atoms with E-state index in [4.69, 9.17) is 9.47 Å². The lowest BCUT2D eigenvalue weighted by atomic mass is 10.0. The summed E-state index contributed by atoms with van der Waals surface area (Å²) < 4.78 is 10.7. The summed E-state index contributed by atoms with van der Waals surface area (Å²) in [7, 11) is 7.19. The average Bonchev–Trinajstić information content (AvgIpc) is 2.76. The number of rotatable bonds is 7. The zero-order valence-electron chi connectivity index (χ0n) is 18.5. The SMILES string of the molecule is COc1ccc(CN2CCNC(=O)C2CC(=O)N(C)C2CCN(C)CC2)cc1OC. The van der Waals surface area contributed by atoms with Gasteiger partial charge < -0.3 is 24.6 Å². The standard InChI is InChI=1S/C22H34N4O4/c1-24-10-7-17(8-11-24)25(2)21(27)14-18-22(28)23-9-12-26(18)15-16-5-6-19(29-3)20(13-16)30-4/h5-6,13,17-18H,7-12,14-15H2,1-4H3,(H,23,28). The van der Waals surface area contributed by atoms with Crippen molar-refractivity contribution in [2.75, 3.05) is 54.5 Å². The molecule has 1 aromatic rings. The first kappa shape index (κ1) is 22.4. The molecule has 3 rings (SSSR count). The molecule has 0 aromatic heterocycles. The Labute approximate surface area is 179 Å². The van der Waals surface area contributed by atoms with Crippen LogP contribution in [0.15, 0.2) is 18.2 Å². The molecule has 8 nitrogen and oxygen atoms in total. The summed E-state index contributed by atoms with van der Waals surface area (Å²) in [5, 5.41) is 2.92. The van der Waals surface area contributed by atoms with Gasteiger partial charge in [0.2, 0.25) is 11.8 Å². The van der Waals surface area contributed by atoms with Crippen LogP contribution in [0.5, 0.6) is 11.5 Å². The highest BCUT2D eigenvalue weighted by molar-refractivity contribution is 5.88. The second-order valence-corrected chi connectivity index (χ2v) is 8.21. The zero-order valence-corrected chi connectivity index (χ0v) is 18.5. The van der Waals surface area contributed by atoms with Crippen molar-refractivity contribution in [3.8, 4) is 11.5 Å². The van der Waals surface area contributed by atoms with E-state index in [-0.39, 0.29) is 24.3 Å². The zero-order chi connectivity index (χ0) is 21.7. The van der Waals surface area contributed by atoms with Gasteiger partial charge in [0.25, 0.3) is 0 Å². The van der Waals surface area contributed by atoms with Gasteiger partial charge in [0.1, 0.15) is 0 Å². The van der Waals surface area contributed by atoms with E-state index in [0.717, 1.165) is 31.5 Å². The maximum atomic E-state index is 13.0. The number of benzene rings is 1. The molecule has 2 fully saturated rings. The van der Waals surface area contributed by atoms with E-state index >= 15 is 0 Å². The summed E-state index contributed by atoms with van der Waals surface area (Å²) >= 11 is 0. The maximum Gasteiger partial charge on any atom is 0.237 e. The van der Waals surface area contributed by atoms with E-state index < -0.39 is 6.04 Å². The second kappa shape index (κ2) is 10.1. The number of nitrogens with zero attached hydrogens (tertiary/aromatic N) is 3. The number of carbonyl (C=O) groups is 2. The molecule has 2 amide bonds. The van der Waals surface area contributed by atoms with Gasteiger partial charge in [0.05, 0.1) is 26.7 Å². The quantitative estimate of drug-likeness (QED) is 0.711. The van der Waals surface area contributed by atoms with Gasteiger partial charge >= 0.3 is 0 Å². The molecule has 2 aliphatic heterocycles. The highest BCUT2D eigenvalue weighted by Gasteiger charge is 2.34. The lowest BCUT2D eigenvalue weighted by Crippen LogP contribution is -2.56. The summed E-state index contributed by atoms with van der Waals surface area (Å²) in [6.45, 7) is 3.86. The lowest BCUT2D eigenvalue weighted by molar-refractivity contribution is -0.140. The Morgan fingerprint density at radius 2 is 1.87 bits per heavy atom. The van der Waals surface area contributed by atoms with Gasteiger partial charge in [-0.3, -0.25) is 14.5 Å². The Balaban J connectivity index is 1.67. The molecule has 8 heteroatoms. The van der Waals surface area contributed by atoms with Crippen LogP contribution in [0, 0.1) is 0 Å². The van der Waals surface area contributed by atoms with Crippen LogP contribution >= 0.6 is 0 Å². The molecule has 0 aliphatic carbocycles. The number of piperazine rings is 1. The first-order chi connectivity index (χ1) is 14.4. The number of amides is 2. The summed E-state index contributed by atoms with van der Waals surface area (Å²) in [4.78, 5) is 31.8. The van der Waals surface area contributed by atoms with Gasteiger partial charge in [0.15, 0.2) is 11.5 Å². The van der Waals surface area contributed by atoms with Crippen molar-refractivity contribution in [1.82, 2.24) is 20.0 Å². The lowest BCUT2D eigenvalue weighted by Gasteiger charge is -2.38. The summed E-state index contributed by atoms with van der Waals surface area (Å²) in [6.07, 6.45) is 2.15.